The zero-order valence-corrected chi connectivity index (χ0v) is 18.9. The number of nitrogens with one attached hydrogen (secondary N) is 1. The third-order valence-corrected chi connectivity index (χ3v) is 7.19. The molecule has 1 N–H and O–H groups in total. The Morgan fingerprint density at radius 2 is 1.69 bits per heavy atom. The Labute approximate surface area is 178 Å². The Bertz CT molecular complexity index is 933. The summed E-state index contributed by atoms with van der Waals surface area (Å²) in [5.74, 6) is 0.388. The van der Waals surface area contributed by atoms with Crippen molar-refractivity contribution >= 4 is 29.3 Å². The van der Waals surface area contributed by atoms with Gasteiger partial charge in [0, 0.05) is 17.0 Å². The van der Waals surface area contributed by atoms with Crippen LogP contribution in [0.15, 0.2) is 42.5 Å². The molecule has 1 aliphatic heterocycles. The van der Waals surface area contributed by atoms with Gasteiger partial charge in [-0.15, -0.1) is 11.8 Å². The van der Waals surface area contributed by atoms with Gasteiger partial charge in [0.05, 0.1) is 5.37 Å². The Kier molecular flexibility index (Phi) is 6.08. The highest BCUT2D eigenvalue weighted by Gasteiger charge is 2.46. The third-order valence-electron chi connectivity index (χ3n) is 5.43. The van der Waals surface area contributed by atoms with Gasteiger partial charge in [-0.3, -0.25) is 9.59 Å². The average molecular weight is 411 g/mol. The SMILES string of the molecule is Cc1ccc(NC(=O)[C@H]2CS[C@H](C(C)(C)C)N2C(=O)c2ccccc2C)cc1C. The van der Waals surface area contributed by atoms with Gasteiger partial charge in [0.1, 0.15) is 6.04 Å². The van der Waals surface area contributed by atoms with Crippen molar-refractivity contribution in [1.29, 1.82) is 0 Å². The maximum absolute atomic E-state index is 13.5. The number of carbonyl (C=O) groups is 2. The minimum atomic E-state index is -0.502. The summed E-state index contributed by atoms with van der Waals surface area (Å²) in [6, 6.07) is 13.0. The lowest BCUT2D eigenvalue weighted by molar-refractivity contribution is -0.120. The fraction of sp³-hybridized carbons (Fsp3) is 0.417. The van der Waals surface area contributed by atoms with Crippen LogP contribution in [0.5, 0.6) is 0 Å². The maximum Gasteiger partial charge on any atom is 0.255 e. The smallest absolute Gasteiger partial charge is 0.255 e. The lowest BCUT2D eigenvalue weighted by Crippen LogP contribution is -2.51. The van der Waals surface area contributed by atoms with Crippen molar-refractivity contribution in [2.24, 2.45) is 5.41 Å². The molecule has 2 aromatic rings. The number of hydrogen-bond donors (Lipinski definition) is 1. The Morgan fingerprint density at radius 3 is 2.31 bits per heavy atom. The second-order valence-electron chi connectivity index (χ2n) is 8.88. The van der Waals surface area contributed by atoms with Crippen LogP contribution < -0.4 is 5.32 Å². The van der Waals surface area contributed by atoms with Crippen molar-refractivity contribution < 1.29 is 9.59 Å². The molecule has 0 aliphatic carbocycles. The van der Waals surface area contributed by atoms with Gasteiger partial charge in [0.25, 0.3) is 5.91 Å². The minimum Gasteiger partial charge on any atom is -0.324 e. The first-order chi connectivity index (χ1) is 13.6. The number of thioether (sulfide) groups is 1. The highest BCUT2D eigenvalue weighted by Crippen LogP contribution is 2.41. The summed E-state index contributed by atoms with van der Waals surface area (Å²) >= 11 is 1.68. The molecule has 3 rings (SSSR count). The maximum atomic E-state index is 13.5. The summed E-state index contributed by atoms with van der Waals surface area (Å²) in [4.78, 5) is 28.5. The summed E-state index contributed by atoms with van der Waals surface area (Å²) in [6.07, 6.45) is 0. The summed E-state index contributed by atoms with van der Waals surface area (Å²) in [7, 11) is 0. The summed E-state index contributed by atoms with van der Waals surface area (Å²) in [6.45, 7) is 12.4. The van der Waals surface area contributed by atoms with E-state index >= 15 is 0 Å². The van der Waals surface area contributed by atoms with Crippen molar-refractivity contribution in [2.75, 3.05) is 11.1 Å². The van der Waals surface area contributed by atoms with Gasteiger partial charge in [-0.2, -0.15) is 0 Å². The molecule has 1 saturated heterocycles. The molecule has 29 heavy (non-hydrogen) atoms. The molecule has 5 heteroatoms. The van der Waals surface area contributed by atoms with Crippen molar-refractivity contribution in [1.82, 2.24) is 4.90 Å². The summed E-state index contributed by atoms with van der Waals surface area (Å²) < 4.78 is 0. The Hall–Kier alpha value is -2.27. The Morgan fingerprint density at radius 1 is 1.00 bits per heavy atom. The molecule has 1 aliphatic rings. The van der Waals surface area contributed by atoms with Crippen LogP contribution in [0.3, 0.4) is 0 Å². The van der Waals surface area contributed by atoms with E-state index in [1.165, 1.54) is 5.56 Å². The fourth-order valence-electron chi connectivity index (χ4n) is 3.62. The molecule has 0 saturated carbocycles. The molecule has 2 atom stereocenters. The summed E-state index contributed by atoms with van der Waals surface area (Å²) in [5, 5.41) is 2.96. The van der Waals surface area contributed by atoms with Crippen LogP contribution >= 0.6 is 11.8 Å². The van der Waals surface area contributed by atoms with Crippen LogP contribution in [0.25, 0.3) is 0 Å². The largest absolute Gasteiger partial charge is 0.324 e. The molecule has 0 radical (unpaired) electrons. The first kappa shape index (κ1) is 21.4. The number of rotatable bonds is 3. The van der Waals surface area contributed by atoms with Gasteiger partial charge < -0.3 is 10.2 Å². The van der Waals surface area contributed by atoms with Crippen LogP contribution in [0.4, 0.5) is 5.69 Å². The topological polar surface area (TPSA) is 49.4 Å². The van der Waals surface area contributed by atoms with E-state index in [-0.39, 0.29) is 22.6 Å². The molecule has 0 bridgehead atoms. The first-order valence-electron chi connectivity index (χ1n) is 9.97. The molecule has 2 aromatic carbocycles. The van der Waals surface area contributed by atoms with Crippen LogP contribution in [-0.2, 0) is 4.79 Å². The van der Waals surface area contributed by atoms with Gasteiger partial charge in [-0.25, -0.2) is 0 Å². The zero-order chi connectivity index (χ0) is 21.3. The molecule has 2 amide bonds. The Balaban J connectivity index is 1.91. The van der Waals surface area contributed by atoms with Crippen molar-refractivity contribution in [3.63, 3.8) is 0 Å². The van der Waals surface area contributed by atoms with E-state index in [9.17, 15) is 9.59 Å². The van der Waals surface area contributed by atoms with Gasteiger partial charge in [0.2, 0.25) is 5.91 Å². The van der Waals surface area contributed by atoms with Crippen molar-refractivity contribution in [3.05, 3.63) is 64.7 Å². The molecular weight excluding hydrogens is 380 g/mol. The van der Waals surface area contributed by atoms with Gasteiger partial charge >= 0.3 is 0 Å². The number of hydrogen-bond acceptors (Lipinski definition) is 3. The van der Waals surface area contributed by atoms with Crippen LogP contribution in [0.2, 0.25) is 0 Å². The number of carbonyl (C=O) groups excluding carboxylic acids is 2. The van der Waals surface area contributed by atoms with Crippen LogP contribution in [0, 0.1) is 26.2 Å². The zero-order valence-electron chi connectivity index (χ0n) is 18.1. The highest BCUT2D eigenvalue weighted by molar-refractivity contribution is 8.00. The monoisotopic (exact) mass is 410 g/mol. The normalized spacial score (nSPS) is 19.3. The lowest BCUT2D eigenvalue weighted by atomic mass is 9.94. The van der Waals surface area contributed by atoms with Gasteiger partial charge in [-0.1, -0.05) is 45.0 Å². The third kappa shape index (κ3) is 4.50. The van der Waals surface area contributed by atoms with E-state index < -0.39 is 6.04 Å². The van der Waals surface area contributed by atoms with Crippen molar-refractivity contribution in [3.8, 4) is 0 Å². The van der Waals surface area contributed by atoms with Crippen LogP contribution in [0.1, 0.15) is 47.8 Å². The number of aryl methyl sites for hydroxylation is 3. The van der Waals surface area contributed by atoms with E-state index in [2.05, 4.69) is 26.1 Å². The predicted octanol–water partition coefficient (Wildman–Crippen LogP) is 5.18. The summed E-state index contributed by atoms with van der Waals surface area (Å²) in [5.41, 5.74) is 4.53. The molecule has 1 heterocycles. The van der Waals surface area contributed by atoms with Crippen LogP contribution in [-0.4, -0.2) is 33.9 Å². The molecule has 0 spiro atoms. The van der Waals surface area contributed by atoms with E-state index in [1.54, 1.807) is 16.7 Å². The van der Waals surface area contributed by atoms with E-state index in [0.29, 0.717) is 11.3 Å². The predicted molar refractivity (Wildman–Crippen MR) is 121 cm³/mol. The van der Waals surface area contributed by atoms with Gasteiger partial charge in [-0.05, 0) is 61.1 Å². The first-order valence-corrected chi connectivity index (χ1v) is 11.0. The molecular formula is C24H30N2O2S. The number of anilines is 1. The van der Waals surface area contributed by atoms with Gasteiger partial charge in [0.15, 0.2) is 0 Å². The molecule has 4 nitrogen and oxygen atoms in total. The number of benzene rings is 2. The van der Waals surface area contributed by atoms with Crippen molar-refractivity contribution in [2.45, 2.75) is 53.0 Å². The fourth-order valence-corrected chi connectivity index (χ4v) is 5.20. The second kappa shape index (κ2) is 8.23. The molecule has 0 aromatic heterocycles. The van der Waals surface area contributed by atoms with E-state index in [0.717, 1.165) is 16.8 Å². The van der Waals surface area contributed by atoms with E-state index in [1.807, 2.05) is 63.2 Å². The molecule has 154 valence electrons. The number of nitrogens with zero attached hydrogens (tertiary/aromatic N) is 1. The standard InChI is InChI=1S/C24H30N2O2S/c1-15-11-12-18(13-17(15)3)25-21(27)20-14-29-23(24(4,5)6)26(20)22(28)19-10-8-7-9-16(19)2/h7-13,20,23H,14H2,1-6H3,(H,25,27)/t20-,23-/m1/s1. The minimum absolute atomic E-state index is 0.0647. The lowest BCUT2D eigenvalue weighted by Gasteiger charge is -2.36. The number of amides is 2. The second-order valence-corrected chi connectivity index (χ2v) is 10.00. The van der Waals surface area contributed by atoms with E-state index in [4.69, 9.17) is 0 Å². The average Bonchev–Trinajstić information content (AvgIpc) is 3.10. The quantitative estimate of drug-likeness (QED) is 0.758. The highest BCUT2D eigenvalue weighted by atomic mass is 32.2. The molecule has 1 fully saturated rings. The molecule has 0 unspecified atom stereocenters.